The fourth-order valence-corrected chi connectivity index (χ4v) is 1.71. The molecule has 1 aromatic rings. The van der Waals surface area contributed by atoms with Gasteiger partial charge in [0.05, 0.1) is 6.42 Å². The van der Waals surface area contributed by atoms with Gasteiger partial charge in [-0.05, 0) is 12.5 Å². The lowest BCUT2D eigenvalue weighted by Gasteiger charge is -2.17. The lowest BCUT2D eigenvalue weighted by atomic mass is 10.2. The van der Waals surface area contributed by atoms with E-state index >= 15 is 0 Å². The van der Waals surface area contributed by atoms with E-state index in [1.54, 1.807) is 24.3 Å². The zero-order valence-electron chi connectivity index (χ0n) is 13.0. The van der Waals surface area contributed by atoms with E-state index in [-0.39, 0.29) is 6.61 Å². The van der Waals surface area contributed by atoms with Crippen LogP contribution in [0.2, 0.25) is 0 Å². The summed E-state index contributed by atoms with van der Waals surface area (Å²) in [7, 11) is 0. The molecule has 0 aliphatic carbocycles. The van der Waals surface area contributed by atoms with Crippen LogP contribution in [-0.2, 0) is 25.7 Å². The molecule has 0 spiro atoms. The summed E-state index contributed by atoms with van der Waals surface area (Å²) in [4.78, 5) is 45.2. The van der Waals surface area contributed by atoms with Crippen LogP contribution in [0.4, 0.5) is 4.79 Å². The molecular weight excluding hydrogens is 318 g/mol. The number of amides is 3. The van der Waals surface area contributed by atoms with Crippen molar-refractivity contribution >= 4 is 23.9 Å². The van der Waals surface area contributed by atoms with Crippen LogP contribution in [0.5, 0.6) is 0 Å². The van der Waals surface area contributed by atoms with Gasteiger partial charge >= 0.3 is 12.1 Å². The van der Waals surface area contributed by atoms with Gasteiger partial charge in [0.2, 0.25) is 11.8 Å². The number of carbonyl (C=O) groups is 4. The lowest BCUT2D eigenvalue weighted by molar-refractivity contribution is -0.143. The fraction of sp³-hybridized carbons (Fsp3) is 0.333. The minimum atomic E-state index is -1.46. The molecule has 0 unspecified atom stereocenters. The molecule has 0 aromatic heterocycles. The Morgan fingerprint density at radius 2 is 1.79 bits per heavy atom. The van der Waals surface area contributed by atoms with Gasteiger partial charge in [-0.25, -0.2) is 9.59 Å². The van der Waals surface area contributed by atoms with Crippen LogP contribution in [-0.4, -0.2) is 41.1 Å². The first-order valence-corrected chi connectivity index (χ1v) is 7.08. The second kappa shape index (κ2) is 9.13. The molecule has 0 saturated heterocycles. The number of primary amides is 1. The second-order valence-electron chi connectivity index (χ2n) is 5.00. The molecule has 0 radical (unpaired) electrons. The predicted octanol–water partition coefficient (Wildman–Crippen LogP) is -0.254. The molecule has 3 amide bonds. The number of hydrogen-bond donors (Lipinski definition) is 4. The van der Waals surface area contributed by atoms with E-state index < -0.39 is 42.4 Å². The molecule has 0 heterocycles. The van der Waals surface area contributed by atoms with Crippen molar-refractivity contribution in [3.05, 3.63) is 35.9 Å². The molecular formula is C15H19N3O6. The Balaban J connectivity index is 2.45. The Kier molecular flexibility index (Phi) is 7.21. The Hall–Kier alpha value is -3.10. The largest absolute Gasteiger partial charge is 0.480 e. The van der Waals surface area contributed by atoms with E-state index in [2.05, 4.69) is 10.6 Å². The van der Waals surface area contributed by atoms with Crippen molar-refractivity contribution in [3.63, 3.8) is 0 Å². The molecule has 1 rings (SSSR count). The van der Waals surface area contributed by atoms with E-state index in [9.17, 15) is 19.2 Å². The average molecular weight is 337 g/mol. The Morgan fingerprint density at radius 3 is 2.33 bits per heavy atom. The highest BCUT2D eigenvalue weighted by Gasteiger charge is 2.25. The van der Waals surface area contributed by atoms with Crippen molar-refractivity contribution in [2.24, 2.45) is 5.73 Å². The molecule has 130 valence electrons. The first kappa shape index (κ1) is 18.9. The first-order chi connectivity index (χ1) is 11.3. The van der Waals surface area contributed by atoms with Crippen LogP contribution in [0.3, 0.4) is 0 Å². The third kappa shape index (κ3) is 6.77. The molecule has 0 bridgehead atoms. The summed E-state index contributed by atoms with van der Waals surface area (Å²) in [6.45, 7) is 1.38. The number of aliphatic carboxylic acids is 1. The van der Waals surface area contributed by atoms with Gasteiger partial charge in [-0.3, -0.25) is 9.59 Å². The highest BCUT2D eigenvalue weighted by molar-refractivity contribution is 5.91. The van der Waals surface area contributed by atoms with Gasteiger partial charge in [-0.1, -0.05) is 30.3 Å². The Labute approximate surface area is 138 Å². The summed E-state index contributed by atoms with van der Waals surface area (Å²) in [6, 6.07) is 6.42. The summed E-state index contributed by atoms with van der Waals surface area (Å²) in [6.07, 6.45) is -1.38. The van der Waals surface area contributed by atoms with Crippen molar-refractivity contribution in [2.45, 2.75) is 32.0 Å². The third-order valence-electron chi connectivity index (χ3n) is 2.96. The van der Waals surface area contributed by atoms with E-state index in [0.717, 1.165) is 5.56 Å². The van der Waals surface area contributed by atoms with Crippen LogP contribution in [0.1, 0.15) is 18.9 Å². The molecule has 1 aromatic carbocycles. The number of ether oxygens (including phenoxy) is 1. The fourth-order valence-electron chi connectivity index (χ4n) is 1.71. The highest BCUT2D eigenvalue weighted by Crippen LogP contribution is 2.01. The second-order valence-corrected chi connectivity index (χ2v) is 5.00. The number of nitrogens with one attached hydrogen (secondary N) is 2. The Morgan fingerprint density at radius 1 is 1.17 bits per heavy atom. The maximum absolute atomic E-state index is 11.9. The normalized spacial score (nSPS) is 12.5. The third-order valence-corrected chi connectivity index (χ3v) is 2.96. The van der Waals surface area contributed by atoms with Gasteiger partial charge in [0.15, 0.2) is 0 Å². The number of carboxylic acid groups (broad SMARTS) is 1. The molecule has 2 atom stereocenters. The summed E-state index contributed by atoms with van der Waals surface area (Å²) < 4.78 is 4.95. The minimum Gasteiger partial charge on any atom is -0.480 e. The van der Waals surface area contributed by atoms with Crippen molar-refractivity contribution in [1.29, 1.82) is 0 Å². The van der Waals surface area contributed by atoms with Gasteiger partial charge in [0.1, 0.15) is 18.7 Å². The SMILES string of the molecule is C[C@H](NC(=O)OCc1ccccc1)C(=O)N[C@@H](CC(N)=O)C(=O)O. The van der Waals surface area contributed by atoms with Crippen LogP contribution >= 0.6 is 0 Å². The summed E-state index contributed by atoms with van der Waals surface area (Å²) >= 11 is 0. The van der Waals surface area contributed by atoms with Crippen LogP contribution in [0, 0.1) is 0 Å². The van der Waals surface area contributed by atoms with Crippen molar-refractivity contribution < 1.29 is 29.0 Å². The van der Waals surface area contributed by atoms with Crippen LogP contribution in [0.25, 0.3) is 0 Å². The maximum Gasteiger partial charge on any atom is 0.408 e. The van der Waals surface area contributed by atoms with Crippen LogP contribution in [0.15, 0.2) is 30.3 Å². The topological polar surface area (TPSA) is 148 Å². The number of carboxylic acids is 1. The summed E-state index contributed by atoms with van der Waals surface area (Å²) in [5.74, 6) is -3.05. The van der Waals surface area contributed by atoms with Gasteiger partial charge in [-0.15, -0.1) is 0 Å². The molecule has 9 heteroatoms. The van der Waals surface area contributed by atoms with E-state index in [0.29, 0.717) is 0 Å². The number of carbonyl (C=O) groups excluding carboxylic acids is 3. The number of nitrogens with two attached hydrogens (primary N) is 1. The standard InChI is InChI=1S/C15H19N3O6/c1-9(13(20)18-11(14(21)22)7-12(16)19)17-15(23)24-8-10-5-3-2-4-6-10/h2-6,9,11H,7-8H2,1H3,(H2,16,19)(H,17,23)(H,18,20)(H,21,22)/t9-,11-/m0/s1. The molecule has 9 nitrogen and oxygen atoms in total. The molecule has 0 saturated carbocycles. The Bertz CT molecular complexity index is 604. The summed E-state index contributed by atoms with van der Waals surface area (Å²) in [5.41, 5.74) is 5.69. The number of rotatable bonds is 8. The summed E-state index contributed by atoms with van der Waals surface area (Å²) in [5, 5.41) is 13.3. The van der Waals surface area contributed by atoms with Crippen LogP contribution < -0.4 is 16.4 Å². The van der Waals surface area contributed by atoms with Crippen molar-refractivity contribution in [1.82, 2.24) is 10.6 Å². The zero-order chi connectivity index (χ0) is 18.1. The lowest BCUT2D eigenvalue weighted by Crippen LogP contribution is -2.51. The predicted molar refractivity (Wildman–Crippen MR) is 82.6 cm³/mol. The number of alkyl carbamates (subject to hydrolysis) is 1. The smallest absolute Gasteiger partial charge is 0.408 e. The average Bonchev–Trinajstić information content (AvgIpc) is 2.52. The minimum absolute atomic E-state index is 0.0282. The van der Waals surface area contributed by atoms with E-state index in [1.165, 1.54) is 6.92 Å². The highest BCUT2D eigenvalue weighted by atomic mass is 16.5. The van der Waals surface area contributed by atoms with Crippen molar-refractivity contribution in [3.8, 4) is 0 Å². The zero-order valence-corrected chi connectivity index (χ0v) is 13.0. The van der Waals surface area contributed by atoms with E-state index in [4.69, 9.17) is 15.6 Å². The first-order valence-electron chi connectivity index (χ1n) is 7.08. The van der Waals surface area contributed by atoms with Gasteiger partial charge < -0.3 is 26.2 Å². The van der Waals surface area contributed by atoms with Gasteiger partial charge in [-0.2, -0.15) is 0 Å². The molecule has 0 aliphatic heterocycles. The molecule has 0 fully saturated rings. The monoisotopic (exact) mass is 337 g/mol. The molecule has 5 N–H and O–H groups in total. The quantitative estimate of drug-likeness (QED) is 0.514. The maximum atomic E-state index is 11.9. The molecule has 0 aliphatic rings. The number of benzene rings is 1. The van der Waals surface area contributed by atoms with Gasteiger partial charge in [0.25, 0.3) is 0 Å². The van der Waals surface area contributed by atoms with E-state index in [1.807, 2.05) is 6.07 Å². The van der Waals surface area contributed by atoms with Crippen molar-refractivity contribution in [2.75, 3.05) is 0 Å². The molecule has 24 heavy (non-hydrogen) atoms. The number of hydrogen-bond acceptors (Lipinski definition) is 5. The van der Waals surface area contributed by atoms with Gasteiger partial charge in [0, 0.05) is 0 Å².